The fourth-order valence-electron chi connectivity index (χ4n) is 4.74. The summed E-state index contributed by atoms with van der Waals surface area (Å²) < 4.78 is 46.7. The van der Waals surface area contributed by atoms with Gasteiger partial charge in [0, 0.05) is 32.7 Å². The highest BCUT2D eigenvalue weighted by atomic mass is 19.4. The Morgan fingerprint density at radius 1 is 1.03 bits per heavy atom. The molecule has 0 aliphatic carbocycles. The van der Waals surface area contributed by atoms with Gasteiger partial charge in [-0.25, -0.2) is 14.8 Å². The second-order valence-electron chi connectivity index (χ2n) is 9.12. The molecule has 2 fully saturated rings. The number of carbonyl (C=O) groups is 1. The van der Waals surface area contributed by atoms with Crippen molar-refractivity contribution in [2.75, 3.05) is 31.1 Å². The molecule has 2 atom stereocenters. The number of benzene rings is 1. The van der Waals surface area contributed by atoms with E-state index in [1.807, 2.05) is 36.9 Å². The molecule has 2 aliphatic rings. The van der Waals surface area contributed by atoms with E-state index in [0.717, 1.165) is 38.7 Å². The van der Waals surface area contributed by atoms with Crippen LogP contribution in [0.4, 0.5) is 23.8 Å². The van der Waals surface area contributed by atoms with Crippen LogP contribution in [-0.4, -0.2) is 76.6 Å². The fourth-order valence-corrected chi connectivity index (χ4v) is 4.74. The Kier molecular flexibility index (Phi) is 7.63. The first-order chi connectivity index (χ1) is 16.7. The van der Waals surface area contributed by atoms with E-state index in [9.17, 15) is 18.0 Å². The number of rotatable bonds is 5. The zero-order valence-electron chi connectivity index (χ0n) is 19.8. The quantitative estimate of drug-likeness (QED) is 0.622. The largest absolute Gasteiger partial charge is 0.574 e. The summed E-state index contributed by atoms with van der Waals surface area (Å²) in [5, 5.41) is 0. The molecule has 4 rings (SSSR count). The predicted molar refractivity (Wildman–Crippen MR) is 123 cm³/mol. The lowest BCUT2D eigenvalue weighted by Gasteiger charge is -2.44. The van der Waals surface area contributed by atoms with E-state index in [-0.39, 0.29) is 24.3 Å². The number of aromatic nitrogens is 2. The van der Waals surface area contributed by atoms with E-state index < -0.39 is 12.2 Å². The summed E-state index contributed by atoms with van der Waals surface area (Å²) in [5.41, 5.74) is 1.27. The second-order valence-corrected chi connectivity index (χ2v) is 9.12. The average molecular weight is 494 g/mol. The minimum absolute atomic E-state index is 0.112. The molecule has 2 saturated heterocycles. The van der Waals surface area contributed by atoms with E-state index in [0.29, 0.717) is 18.9 Å². The molecule has 0 bridgehead atoms. The number of alkyl halides is 3. The molecule has 0 spiro atoms. The van der Waals surface area contributed by atoms with Gasteiger partial charge in [0.1, 0.15) is 11.9 Å². The van der Waals surface area contributed by atoms with Crippen molar-refractivity contribution < 1.29 is 27.4 Å². The molecule has 8 nitrogen and oxygen atoms in total. The number of piperidine rings is 1. The van der Waals surface area contributed by atoms with Crippen molar-refractivity contribution in [3.63, 3.8) is 0 Å². The van der Waals surface area contributed by atoms with Crippen LogP contribution in [0.25, 0.3) is 0 Å². The van der Waals surface area contributed by atoms with Crippen LogP contribution < -0.4 is 9.64 Å². The van der Waals surface area contributed by atoms with Gasteiger partial charge in [0.05, 0.1) is 24.5 Å². The summed E-state index contributed by atoms with van der Waals surface area (Å²) in [4.78, 5) is 26.8. The highest BCUT2D eigenvalue weighted by Crippen LogP contribution is 2.25. The smallest absolute Gasteiger partial charge is 0.446 e. The molecule has 0 saturated carbocycles. The van der Waals surface area contributed by atoms with E-state index in [2.05, 4.69) is 31.7 Å². The predicted octanol–water partition coefficient (Wildman–Crippen LogP) is 4.08. The minimum atomic E-state index is -4.82. The molecule has 0 unspecified atom stereocenters. The van der Waals surface area contributed by atoms with Gasteiger partial charge >= 0.3 is 12.5 Å². The number of halogens is 3. The van der Waals surface area contributed by atoms with Gasteiger partial charge < -0.3 is 14.4 Å². The van der Waals surface area contributed by atoms with E-state index in [4.69, 9.17) is 4.74 Å². The summed E-state index contributed by atoms with van der Waals surface area (Å²) >= 11 is 0. The monoisotopic (exact) mass is 493 g/mol. The Hall–Kier alpha value is -3.08. The molecule has 1 aromatic carbocycles. The van der Waals surface area contributed by atoms with Gasteiger partial charge in [-0.2, -0.15) is 0 Å². The van der Waals surface area contributed by atoms with Crippen LogP contribution >= 0.6 is 0 Å². The molecule has 3 heterocycles. The molecular formula is C24H30F3N5O3. The molecular weight excluding hydrogens is 463 g/mol. The topological polar surface area (TPSA) is 71.0 Å². The molecule has 190 valence electrons. The Morgan fingerprint density at radius 3 is 2.26 bits per heavy atom. The van der Waals surface area contributed by atoms with Crippen LogP contribution in [0.3, 0.4) is 0 Å². The van der Waals surface area contributed by atoms with E-state index in [1.165, 1.54) is 11.8 Å². The summed E-state index contributed by atoms with van der Waals surface area (Å²) in [5.74, 6) is -0.184. The fraction of sp³-hybridized carbons (Fsp3) is 0.542. The van der Waals surface area contributed by atoms with Gasteiger partial charge in [0.2, 0.25) is 5.88 Å². The van der Waals surface area contributed by atoms with E-state index >= 15 is 0 Å². The molecule has 2 aliphatic heterocycles. The van der Waals surface area contributed by atoms with Crippen LogP contribution in [0.15, 0.2) is 42.7 Å². The van der Waals surface area contributed by atoms with Gasteiger partial charge in [-0.3, -0.25) is 9.80 Å². The van der Waals surface area contributed by atoms with Crippen molar-refractivity contribution in [1.29, 1.82) is 0 Å². The number of piperazine rings is 1. The van der Waals surface area contributed by atoms with Gasteiger partial charge in [0.25, 0.3) is 0 Å². The standard InChI is InChI=1S/C24H30F3N5O3/c1-17-14-31(21-12-29-22(13-28-21)35-24(25,26)27)15-18(2)32(17)23(33)34-20-8-10-30(11-9-20)16-19-6-4-3-5-7-19/h3-7,12-13,17-18,20H,8-11,14-16H2,1-2H3/t17-,18-/m1/s1. The number of hydrogen-bond acceptors (Lipinski definition) is 7. The van der Waals surface area contributed by atoms with Crippen molar-refractivity contribution in [3.8, 4) is 5.88 Å². The maximum atomic E-state index is 13.0. The number of nitrogens with zero attached hydrogens (tertiary/aromatic N) is 5. The normalized spacial score (nSPS) is 22.2. The molecule has 0 N–H and O–H groups in total. The van der Waals surface area contributed by atoms with Crippen molar-refractivity contribution in [2.24, 2.45) is 0 Å². The zero-order valence-corrected chi connectivity index (χ0v) is 19.8. The number of amides is 1. The molecule has 11 heteroatoms. The maximum Gasteiger partial charge on any atom is 0.574 e. The number of hydrogen-bond donors (Lipinski definition) is 0. The summed E-state index contributed by atoms with van der Waals surface area (Å²) in [6, 6.07) is 9.98. The summed E-state index contributed by atoms with van der Waals surface area (Å²) in [6.45, 7) is 7.40. The average Bonchev–Trinajstić information content (AvgIpc) is 2.80. The van der Waals surface area contributed by atoms with Crippen molar-refractivity contribution >= 4 is 11.9 Å². The molecule has 2 aromatic rings. The van der Waals surface area contributed by atoms with Crippen LogP contribution in [-0.2, 0) is 11.3 Å². The molecule has 1 amide bonds. The van der Waals surface area contributed by atoms with Crippen molar-refractivity contribution in [1.82, 2.24) is 19.8 Å². The van der Waals surface area contributed by atoms with Gasteiger partial charge in [-0.15, -0.1) is 13.2 Å². The first kappa shape index (κ1) is 25.0. The van der Waals surface area contributed by atoms with Crippen LogP contribution in [0.2, 0.25) is 0 Å². The first-order valence-electron chi connectivity index (χ1n) is 11.8. The summed E-state index contributed by atoms with van der Waals surface area (Å²) in [6.07, 6.45) is -1.47. The molecule has 35 heavy (non-hydrogen) atoms. The lowest BCUT2D eigenvalue weighted by atomic mass is 10.1. The van der Waals surface area contributed by atoms with Crippen molar-refractivity contribution in [3.05, 3.63) is 48.3 Å². The maximum absolute atomic E-state index is 13.0. The lowest BCUT2D eigenvalue weighted by molar-refractivity contribution is -0.276. The van der Waals surface area contributed by atoms with E-state index in [1.54, 1.807) is 4.90 Å². The molecule has 1 aromatic heterocycles. The Labute approximate surface area is 202 Å². The van der Waals surface area contributed by atoms with Crippen LogP contribution in [0, 0.1) is 0 Å². The molecule has 0 radical (unpaired) electrons. The summed E-state index contributed by atoms with van der Waals surface area (Å²) in [7, 11) is 0. The number of likely N-dealkylation sites (tertiary alicyclic amines) is 1. The number of anilines is 1. The van der Waals surface area contributed by atoms with Gasteiger partial charge in [-0.1, -0.05) is 30.3 Å². The van der Waals surface area contributed by atoms with Crippen LogP contribution in [0.1, 0.15) is 32.3 Å². The number of ether oxygens (including phenoxy) is 2. The highest BCUT2D eigenvalue weighted by molar-refractivity contribution is 5.69. The second kappa shape index (κ2) is 10.7. The Morgan fingerprint density at radius 2 is 1.69 bits per heavy atom. The number of carbonyl (C=O) groups excluding carboxylic acids is 1. The third-order valence-corrected chi connectivity index (χ3v) is 6.34. The van der Waals surface area contributed by atoms with Crippen molar-refractivity contribution in [2.45, 2.75) is 57.8 Å². The van der Waals surface area contributed by atoms with Gasteiger partial charge in [-0.05, 0) is 32.3 Å². The SMILES string of the molecule is C[C@@H]1CN(c2cnc(OC(F)(F)F)cn2)C[C@@H](C)N1C(=O)OC1CCN(Cc2ccccc2)CC1. The Balaban J connectivity index is 1.27. The third-order valence-electron chi connectivity index (χ3n) is 6.34. The highest BCUT2D eigenvalue weighted by Gasteiger charge is 2.36. The third kappa shape index (κ3) is 6.74. The Bertz CT molecular complexity index is 957. The zero-order chi connectivity index (χ0) is 25.0. The van der Waals surface area contributed by atoms with Gasteiger partial charge in [0.15, 0.2) is 0 Å². The first-order valence-corrected chi connectivity index (χ1v) is 11.8. The minimum Gasteiger partial charge on any atom is -0.446 e. The van der Waals surface area contributed by atoms with Crippen LogP contribution in [0.5, 0.6) is 5.88 Å². The lowest BCUT2D eigenvalue weighted by Crippen LogP contribution is -2.59.